The molecule has 1 saturated heterocycles. The van der Waals surface area contributed by atoms with Crippen LogP contribution in [0, 0.1) is 5.92 Å². The van der Waals surface area contributed by atoms with E-state index in [1.807, 2.05) is 12.3 Å². The average molecular weight is 291 g/mol. The van der Waals surface area contributed by atoms with Gasteiger partial charge in [-0.3, -0.25) is 19.7 Å². The maximum absolute atomic E-state index is 12.2. The lowest BCUT2D eigenvalue weighted by Crippen LogP contribution is -2.45. The molecule has 1 aromatic heterocycles. The minimum atomic E-state index is -0.136. The highest BCUT2D eigenvalue weighted by Crippen LogP contribution is 2.38. The fourth-order valence-electron chi connectivity index (χ4n) is 2.81. The first-order valence-electron chi connectivity index (χ1n) is 7.49. The summed E-state index contributed by atoms with van der Waals surface area (Å²) >= 11 is 0. The molecule has 1 aliphatic heterocycles. The quantitative estimate of drug-likeness (QED) is 0.463. The van der Waals surface area contributed by atoms with Gasteiger partial charge in [0.05, 0.1) is 5.69 Å². The van der Waals surface area contributed by atoms with Gasteiger partial charge < -0.3 is 4.90 Å². The first-order valence-corrected chi connectivity index (χ1v) is 7.49. The Morgan fingerprint density at radius 1 is 1.29 bits per heavy atom. The number of hydrogen-bond donors (Lipinski definition) is 2. The molecular formula is C14H21N5O2. The first-order chi connectivity index (χ1) is 10.2. The molecule has 0 aromatic carbocycles. The molecule has 3 N–H and O–H groups in total. The number of nitrogens with zero attached hydrogens (tertiary/aromatic N) is 3. The molecule has 0 bridgehead atoms. The third-order valence-electron chi connectivity index (χ3n) is 4.31. The summed E-state index contributed by atoms with van der Waals surface area (Å²) in [6.45, 7) is 1.49. The maximum atomic E-state index is 12.2. The number of carbonyl (C=O) groups excluding carboxylic acids is 2. The molecule has 114 valence electrons. The van der Waals surface area contributed by atoms with Crippen LogP contribution in [0.15, 0.2) is 12.3 Å². The lowest BCUT2D eigenvalue weighted by atomic mass is 9.96. The Morgan fingerprint density at radius 2 is 2.00 bits per heavy atom. The van der Waals surface area contributed by atoms with Gasteiger partial charge in [-0.1, -0.05) is 0 Å². The summed E-state index contributed by atoms with van der Waals surface area (Å²) in [5.41, 5.74) is 3.28. The van der Waals surface area contributed by atoms with E-state index in [0.717, 1.165) is 5.69 Å². The lowest BCUT2D eigenvalue weighted by molar-refractivity contribution is -0.136. The molecule has 1 aromatic rings. The van der Waals surface area contributed by atoms with Crippen molar-refractivity contribution in [3.63, 3.8) is 0 Å². The predicted molar refractivity (Wildman–Crippen MR) is 75.8 cm³/mol. The molecule has 0 unspecified atom stereocenters. The van der Waals surface area contributed by atoms with Gasteiger partial charge in [0.15, 0.2) is 0 Å². The molecule has 2 amide bonds. The van der Waals surface area contributed by atoms with Gasteiger partial charge in [0.25, 0.3) is 0 Å². The van der Waals surface area contributed by atoms with E-state index in [4.69, 9.17) is 5.84 Å². The van der Waals surface area contributed by atoms with E-state index >= 15 is 0 Å². The number of nitrogens with two attached hydrogens (primary N) is 1. The number of hydrazine groups is 1. The summed E-state index contributed by atoms with van der Waals surface area (Å²) in [7, 11) is 0. The Morgan fingerprint density at radius 3 is 2.62 bits per heavy atom. The van der Waals surface area contributed by atoms with Crippen molar-refractivity contribution in [3.8, 4) is 0 Å². The van der Waals surface area contributed by atoms with E-state index in [9.17, 15) is 9.59 Å². The van der Waals surface area contributed by atoms with Crippen LogP contribution in [-0.2, 0) is 16.1 Å². The van der Waals surface area contributed by atoms with Crippen molar-refractivity contribution in [1.82, 2.24) is 20.1 Å². The molecule has 7 nitrogen and oxygen atoms in total. The van der Waals surface area contributed by atoms with E-state index in [2.05, 4.69) is 10.5 Å². The van der Waals surface area contributed by atoms with Crippen molar-refractivity contribution >= 4 is 11.8 Å². The molecule has 1 saturated carbocycles. The molecule has 0 spiro atoms. The van der Waals surface area contributed by atoms with Crippen molar-refractivity contribution in [1.29, 1.82) is 0 Å². The lowest BCUT2D eigenvalue weighted by Gasteiger charge is -2.31. The summed E-state index contributed by atoms with van der Waals surface area (Å²) in [5.74, 6) is 5.59. The molecule has 2 fully saturated rings. The van der Waals surface area contributed by atoms with Gasteiger partial charge >= 0.3 is 0 Å². The van der Waals surface area contributed by atoms with E-state index in [1.54, 1.807) is 9.58 Å². The number of nitrogens with one attached hydrogen (secondary N) is 1. The minimum absolute atomic E-state index is 0.0621. The van der Waals surface area contributed by atoms with Crippen LogP contribution in [0.25, 0.3) is 0 Å². The largest absolute Gasteiger partial charge is 0.341 e. The molecule has 7 heteroatoms. The number of piperidine rings is 1. The molecule has 0 atom stereocenters. The predicted octanol–water partition coefficient (Wildman–Crippen LogP) is -0.0110. The van der Waals surface area contributed by atoms with Crippen LogP contribution in [-0.4, -0.2) is 39.6 Å². The fraction of sp³-hybridized carbons (Fsp3) is 0.643. The summed E-state index contributed by atoms with van der Waals surface area (Å²) < 4.78 is 1.72. The van der Waals surface area contributed by atoms with Gasteiger partial charge in [-0.15, -0.1) is 0 Å². The number of likely N-dealkylation sites (tertiary alicyclic amines) is 1. The Kier molecular flexibility index (Phi) is 3.92. The monoisotopic (exact) mass is 291 g/mol. The zero-order valence-electron chi connectivity index (χ0n) is 12.0. The SMILES string of the molecule is NNC(=O)C1CCN(C(=O)Cn2ccc(C3CC3)n2)CC1. The number of hydrogen-bond acceptors (Lipinski definition) is 4. The maximum Gasteiger partial charge on any atom is 0.244 e. The summed E-state index contributed by atoms with van der Waals surface area (Å²) in [6, 6.07) is 2.00. The van der Waals surface area contributed by atoms with Crippen LogP contribution in [0.2, 0.25) is 0 Å². The van der Waals surface area contributed by atoms with Crippen molar-refractivity contribution in [2.75, 3.05) is 13.1 Å². The second kappa shape index (κ2) is 5.85. The Bertz CT molecular complexity index is 529. The molecule has 1 aliphatic carbocycles. The Labute approximate surface area is 123 Å². The van der Waals surface area contributed by atoms with Crippen molar-refractivity contribution < 1.29 is 9.59 Å². The topological polar surface area (TPSA) is 93.3 Å². The minimum Gasteiger partial charge on any atom is -0.341 e. The van der Waals surface area contributed by atoms with Crippen LogP contribution in [0.4, 0.5) is 0 Å². The van der Waals surface area contributed by atoms with Gasteiger partial charge in [0, 0.05) is 31.1 Å². The van der Waals surface area contributed by atoms with Gasteiger partial charge in [-0.05, 0) is 31.7 Å². The second-order valence-electron chi connectivity index (χ2n) is 5.88. The normalized spacial score (nSPS) is 19.6. The van der Waals surface area contributed by atoms with Gasteiger partial charge in [-0.2, -0.15) is 5.10 Å². The zero-order valence-corrected chi connectivity index (χ0v) is 12.0. The fourth-order valence-corrected chi connectivity index (χ4v) is 2.81. The van der Waals surface area contributed by atoms with E-state index in [0.29, 0.717) is 31.8 Å². The highest BCUT2D eigenvalue weighted by molar-refractivity contribution is 5.79. The highest BCUT2D eigenvalue weighted by Gasteiger charge is 2.28. The number of amides is 2. The third kappa shape index (κ3) is 3.24. The van der Waals surface area contributed by atoms with Gasteiger partial charge in [-0.25, -0.2) is 5.84 Å². The number of carbonyl (C=O) groups is 2. The summed E-state index contributed by atoms with van der Waals surface area (Å²) in [4.78, 5) is 25.5. The summed E-state index contributed by atoms with van der Waals surface area (Å²) in [5, 5.41) is 4.45. The van der Waals surface area contributed by atoms with Gasteiger partial charge in [0.2, 0.25) is 11.8 Å². The van der Waals surface area contributed by atoms with Gasteiger partial charge in [0.1, 0.15) is 6.54 Å². The average Bonchev–Trinajstić information content (AvgIpc) is 3.27. The second-order valence-corrected chi connectivity index (χ2v) is 5.88. The van der Waals surface area contributed by atoms with Crippen LogP contribution < -0.4 is 11.3 Å². The van der Waals surface area contributed by atoms with Crippen molar-refractivity contribution in [2.45, 2.75) is 38.1 Å². The Hall–Kier alpha value is -1.89. The highest BCUT2D eigenvalue weighted by atomic mass is 16.2. The number of aromatic nitrogens is 2. The van der Waals surface area contributed by atoms with E-state index < -0.39 is 0 Å². The van der Waals surface area contributed by atoms with Crippen LogP contribution in [0.5, 0.6) is 0 Å². The molecule has 2 aliphatic rings. The first kappa shape index (κ1) is 14.1. The van der Waals surface area contributed by atoms with Crippen molar-refractivity contribution in [3.05, 3.63) is 18.0 Å². The zero-order chi connectivity index (χ0) is 14.8. The molecule has 0 radical (unpaired) electrons. The molecule has 21 heavy (non-hydrogen) atoms. The summed E-state index contributed by atoms with van der Waals surface area (Å²) in [6.07, 6.45) is 5.63. The molecular weight excluding hydrogens is 270 g/mol. The van der Waals surface area contributed by atoms with E-state index in [1.165, 1.54) is 12.8 Å². The Balaban J connectivity index is 1.50. The molecule has 2 heterocycles. The van der Waals surface area contributed by atoms with Crippen LogP contribution >= 0.6 is 0 Å². The van der Waals surface area contributed by atoms with E-state index in [-0.39, 0.29) is 24.3 Å². The van der Waals surface area contributed by atoms with Crippen LogP contribution in [0.3, 0.4) is 0 Å². The van der Waals surface area contributed by atoms with Crippen LogP contribution in [0.1, 0.15) is 37.3 Å². The molecule has 3 rings (SSSR count). The van der Waals surface area contributed by atoms with Crippen molar-refractivity contribution in [2.24, 2.45) is 11.8 Å². The smallest absolute Gasteiger partial charge is 0.244 e. The number of rotatable bonds is 4. The standard InChI is InChI=1S/C14H21N5O2/c15-16-14(21)11-3-6-18(7-4-11)13(20)9-19-8-5-12(17-19)10-1-2-10/h5,8,10-11H,1-4,6-7,9,15H2,(H,16,21). The third-order valence-corrected chi connectivity index (χ3v) is 4.31.